The Morgan fingerprint density at radius 3 is 1.80 bits per heavy atom. The lowest BCUT2D eigenvalue weighted by molar-refractivity contribution is -0.742. The van der Waals surface area contributed by atoms with Gasteiger partial charge in [0.15, 0.2) is 0 Å². The van der Waals surface area contributed by atoms with Crippen molar-refractivity contribution in [1.82, 2.24) is 4.90 Å². The Morgan fingerprint density at radius 2 is 1.60 bits per heavy atom. The molecule has 0 fully saturated rings. The number of aliphatic hydroxyl groups is 3. The Hall–Kier alpha value is -0.960. The molecule has 0 aliphatic rings. The summed E-state index contributed by atoms with van der Waals surface area (Å²) in [7, 11) is 0. The van der Waals surface area contributed by atoms with E-state index >= 15 is 0 Å². The fourth-order valence-corrected chi connectivity index (χ4v) is 0.925. The topological polar surface area (TPSA) is 127 Å². The fourth-order valence-electron chi connectivity index (χ4n) is 0.925. The van der Waals surface area contributed by atoms with Crippen molar-refractivity contribution in [1.29, 1.82) is 0 Å². The molecule has 8 nitrogen and oxygen atoms in total. The van der Waals surface area contributed by atoms with Gasteiger partial charge in [-0.05, 0) is 6.92 Å². The van der Waals surface area contributed by atoms with Gasteiger partial charge in [0.05, 0.1) is 19.8 Å². The predicted octanol–water partition coefficient (Wildman–Crippen LogP) is -1.69. The second kappa shape index (κ2) is 11.1. The Balaban J connectivity index is 0. The van der Waals surface area contributed by atoms with E-state index in [0.29, 0.717) is 13.1 Å². The normalized spacial score (nSPS) is 11.8. The number of rotatable bonds is 6. The standard InChI is InChI=1S/C7H17NO3.HNO3/c1-7(6-11)8(2-4-9)3-5-10;2-1(3)4/h7,9-11H,2-6H2,1H3;(H,2,3,4). The minimum atomic E-state index is -1.50. The van der Waals surface area contributed by atoms with Gasteiger partial charge < -0.3 is 20.5 Å². The summed E-state index contributed by atoms with van der Waals surface area (Å²) in [6.07, 6.45) is 0. The first-order chi connectivity index (χ1) is 6.99. The summed E-state index contributed by atoms with van der Waals surface area (Å²) in [5.41, 5.74) is 0. The van der Waals surface area contributed by atoms with E-state index in [4.69, 9.17) is 30.6 Å². The SMILES string of the molecule is CC(CO)N(CCO)CCO.O=[N+]([O-])O. The predicted molar refractivity (Wildman–Crippen MR) is 51.1 cm³/mol. The molecule has 8 heteroatoms. The van der Waals surface area contributed by atoms with Crippen LogP contribution in [-0.4, -0.2) is 69.5 Å². The number of hydrogen-bond donors (Lipinski definition) is 4. The van der Waals surface area contributed by atoms with Crippen LogP contribution in [0.4, 0.5) is 0 Å². The molecule has 0 saturated carbocycles. The molecule has 0 radical (unpaired) electrons. The van der Waals surface area contributed by atoms with E-state index < -0.39 is 5.09 Å². The van der Waals surface area contributed by atoms with Crippen molar-refractivity contribution in [3.8, 4) is 0 Å². The third kappa shape index (κ3) is 13.0. The first-order valence-corrected chi connectivity index (χ1v) is 4.39. The van der Waals surface area contributed by atoms with Gasteiger partial charge in [-0.25, -0.2) is 0 Å². The van der Waals surface area contributed by atoms with Crippen molar-refractivity contribution < 1.29 is 25.6 Å². The van der Waals surface area contributed by atoms with Crippen molar-refractivity contribution in [2.24, 2.45) is 0 Å². The van der Waals surface area contributed by atoms with Gasteiger partial charge in [-0.1, -0.05) is 0 Å². The zero-order valence-corrected chi connectivity index (χ0v) is 8.61. The highest BCUT2D eigenvalue weighted by molar-refractivity contribution is 4.64. The number of nitrogens with zero attached hydrogens (tertiary/aromatic N) is 2. The zero-order valence-electron chi connectivity index (χ0n) is 8.61. The summed E-state index contributed by atoms with van der Waals surface area (Å²) in [5, 5.41) is 39.6. The first kappa shape index (κ1) is 16.5. The molecule has 0 heterocycles. The van der Waals surface area contributed by atoms with Gasteiger partial charge in [0.25, 0.3) is 5.09 Å². The molecule has 4 N–H and O–H groups in total. The lowest BCUT2D eigenvalue weighted by atomic mass is 10.3. The van der Waals surface area contributed by atoms with E-state index in [1.807, 2.05) is 11.8 Å². The van der Waals surface area contributed by atoms with Crippen LogP contribution in [0.3, 0.4) is 0 Å². The zero-order chi connectivity index (χ0) is 12.3. The van der Waals surface area contributed by atoms with Gasteiger partial charge in [-0.2, -0.15) is 0 Å². The molecule has 0 aromatic rings. The molecule has 0 aliphatic heterocycles. The highest BCUT2D eigenvalue weighted by Gasteiger charge is 2.10. The maximum absolute atomic E-state index is 8.75. The molecule has 0 amide bonds. The summed E-state index contributed by atoms with van der Waals surface area (Å²) in [6, 6.07) is 0.00861. The summed E-state index contributed by atoms with van der Waals surface area (Å²) < 4.78 is 0. The minimum Gasteiger partial charge on any atom is -0.395 e. The lowest BCUT2D eigenvalue weighted by Gasteiger charge is -2.25. The van der Waals surface area contributed by atoms with Crippen molar-refractivity contribution >= 4 is 0 Å². The molecule has 0 bridgehead atoms. The number of hydrogen-bond acceptors (Lipinski definition) is 6. The van der Waals surface area contributed by atoms with Gasteiger partial charge in [0, 0.05) is 19.1 Å². The second-order valence-electron chi connectivity index (χ2n) is 2.75. The van der Waals surface area contributed by atoms with Gasteiger partial charge in [0.2, 0.25) is 0 Å². The summed E-state index contributed by atoms with van der Waals surface area (Å²) in [4.78, 5) is 10.2. The van der Waals surface area contributed by atoms with E-state index in [-0.39, 0.29) is 25.9 Å². The van der Waals surface area contributed by atoms with Gasteiger partial charge >= 0.3 is 0 Å². The van der Waals surface area contributed by atoms with Gasteiger partial charge in [-0.15, -0.1) is 10.1 Å². The van der Waals surface area contributed by atoms with Crippen molar-refractivity contribution in [3.63, 3.8) is 0 Å². The number of aliphatic hydroxyl groups excluding tert-OH is 3. The molecular weight excluding hydrogens is 208 g/mol. The van der Waals surface area contributed by atoms with Gasteiger partial charge in [-0.3, -0.25) is 4.90 Å². The average Bonchev–Trinajstić information content (AvgIpc) is 2.15. The molecule has 15 heavy (non-hydrogen) atoms. The smallest absolute Gasteiger partial charge is 0.291 e. The molecule has 1 atom stereocenters. The Labute approximate surface area is 87.5 Å². The maximum atomic E-state index is 8.75. The Kier molecular flexibility index (Phi) is 12.2. The minimum absolute atomic E-state index is 0.00861. The molecular formula is C7H18N2O6. The van der Waals surface area contributed by atoms with Crippen LogP contribution in [0.25, 0.3) is 0 Å². The van der Waals surface area contributed by atoms with E-state index in [1.165, 1.54) is 0 Å². The molecule has 0 spiro atoms. The Bertz CT molecular complexity index is 146. The molecule has 92 valence electrons. The van der Waals surface area contributed by atoms with Crippen LogP contribution in [0.2, 0.25) is 0 Å². The van der Waals surface area contributed by atoms with Crippen LogP contribution < -0.4 is 0 Å². The summed E-state index contributed by atoms with van der Waals surface area (Å²) in [5.74, 6) is 0. The van der Waals surface area contributed by atoms with Crippen LogP contribution in [0.5, 0.6) is 0 Å². The third-order valence-corrected chi connectivity index (χ3v) is 1.66. The Morgan fingerprint density at radius 1 is 1.27 bits per heavy atom. The highest BCUT2D eigenvalue weighted by Crippen LogP contribution is 1.95. The maximum Gasteiger partial charge on any atom is 0.291 e. The molecule has 0 aliphatic carbocycles. The molecule has 0 saturated heterocycles. The molecule has 0 aromatic heterocycles. The van der Waals surface area contributed by atoms with E-state index in [0.717, 1.165) is 0 Å². The van der Waals surface area contributed by atoms with Gasteiger partial charge in [0.1, 0.15) is 0 Å². The second-order valence-corrected chi connectivity index (χ2v) is 2.75. The lowest BCUT2D eigenvalue weighted by Crippen LogP contribution is -2.39. The summed E-state index contributed by atoms with van der Waals surface area (Å²) >= 11 is 0. The van der Waals surface area contributed by atoms with Crippen LogP contribution in [0.15, 0.2) is 0 Å². The van der Waals surface area contributed by atoms with Crippen LogP contribution in [0, 0.1) is 10.1 Å². The van der Waals surface area contributed by atoms with Crippen molar-refractivity contribution in [2.75, 3.05) is 32.9 Å². The van der Waals surface area contributed by atoms with Crippen LogP contribution in [-0.2, 0) is 0 Å². The fraction of sp³-hybridized carbons (Fsp3) is 1.00. The molecule has 0 aromatic carbocycles. The van der Waals surface area contributed by atoms with E-state index in [1.54, 1.807) is 0 Å². The van der Waals surface area contributed by atoms with E-state index in [9.17, 15) is 0 Å². The molecule has 1 unspecified atom stereocenters. The summed E-state index contributed by atoms with van der Waals surface area (Å²) in [6.45, 7) is 3.03. The first-order valence-electron chi connectivity index (χ1n) is 4.39. The average molecular weight is 226 g/mol. The van der Waals surface area contributed by atoms with Crippen LogP contribution >= 0.6 is 0 Å². The largest absolute Gasteiger partial charge is 0.395 e. The highest BCUT2D eigenvalue weighted by atomic mass is 16.9. The van der Waals surface area contributed by atoms with Crippen molar-refractivity contribution in [2.45, 2.75) is 13.0 Å². The van der Waals surface area contributed by atoms with Crippen LogP contribution in [0.1, 0.15) is 6.92 Å². The van der Waals surface area contributed by atoms with Crippen molar-refractivity contribution in [3.05, 3.63) is 10.1 Å². The third-order valence-electron chi connectivity index (χ3n) is 1.66. The van der Waals surface area contributed by atoms with E-state index in [2.05, 4.69) is 0 Å². The monoisotopic (exact) mass is 226 g/mol. The quantitative estimate of drug-likeness (QED) is 0.314. The molecule has 0 rings (SSSR count).